The minimum absolute atomic E-state index is 0.0215. The molecule has 2 amide bonds. The summed E-state index contributed by atoms with van der Waals surface area (Å²) in [7, 11) is 1.87. The molecule has 2 aromatic rings. The molecule has 3 aliphatic heterocycles. The lowest BCUT2D eigenvalue weighted by Crippen LogP contribution is -2.45. The highest BCUT2D eigenvalue weighted by molar-refractivity contribution is 5.94. The van der Waals surface area contributed by atoms with Crippen molar-refractivity contribution in [1.29, 1.82) is 0 Å². The van der Waals surface area contributed by atoms with Crippen LogP contribution in [0.3, 0.4) is 0 Å². The monoisotopic (exact) mass is 409 g/mol. The van der Waals surface area contributed by atoms with Crippen LogP contribution >= 0.6 is 0 Å². The third kappa shape index (κ3) is 4.44. The fourth-order valence-corrected chi connectivity index (χ4v) is 3.97. The van der Waals surface area contributed by atoms with E-state index in [-0.39, 0.29) is 30.4 Å². The van der Waals surface area contributed by atoms with Crippen molar-refractivity contribution in [3.05, 3.63) is 48.2 Å². The lowest BCUT2D eigenvalue weighted by Gasteiger charge is -2.27. The number of carbonyl (C=O) groups excluding carboxylic acids is 2. The highest BCUT2D eigenvalue weighted by Gasteiger charge is 2.34. The number of likely N-dealkylation sites (N-methyl/N-ethyl adjacent to an activating group) is 1. The van der Waals surface area contributed by atoms with E-state index in [1.807, 2.05) is 41.1 Å². The van der Waals surface area contributed by atoms with Crippen molar-refractivity contribution < 1.29 is 14.3 Å². The lowest BCUT2D eigenvalue weighted by molar-refractivity contribution is -0.133. The van der Waals surface area contributed by atoms with Gasteiger partial charge in [-0.3, -0.25) is 19.5 Å². The molecule has 0 spiro atoms. The zero-order chi connectivity index (χ0) is 21.1. The van der Waals surface area contributed by atoms with E-state index < -0.39 is 0 Å². The van der Waals surface area contributed by atoms with Gasteiger partial charge in [-0.1, -0.05) is 12.1 Å². The van der Waals surface area contributed by atoms with Gasteiger partial charge in [0.2, 0.25) is 5.91 Å². The number of nitrogens with two attached hydrogens (primary N) is 1. The van der Waals surface area contributed by atoms with Crippen LogP contribution in [-0.4, -0.2) is 78.5 Å². The number of rotatable bonds is 0. The molecule has 3 N–H and O–H groups in total. The van der Waals surface area contributed by atoms with Gasteiger partial charge in [0.15, 0.2) is 0 Å². The molecule has 2 atom stereocenters. The Morgan fingerprint density at radius 3 is 2.73 bits per heavy atom. The molecule has 0 radical (unpaired) electrons. The van der Waals surface area contributed by atoms with Crippen LogP contribution in [0.4, 0.5) is 0 Å². The van der Waals surface area contributed by atoms with Crippen LogP contribution in [0, 0.1) is 0 Å². The quantitative estimate of drug-likeness (QED) is 0.665. The third-order valence-corrected chi connectivity index (χ3v) is 5.57. The van der Waals surface area contributed by atoms with Crippen molar-refractivity contribution >= 4 is 11.8 Å². The highest BCUT2D eigenvalue weighted by atomic mass is 16.5. The van der Waals surface area contributed by atoms with Crippen molar-refractivity contribution in [3.8, 4) is 17.0 Å². The van der Waals surface area contributed by atoms with E-state index in [1.54, 1.807) is 18.3 Å². The molecular formula is C22H27N5O3. The largest absolute Gasteiger partial charge is 0.489 e. The lowest BCUT2D eigenvalue weighted by atomic mass is 10.1. The third-order valence-electron chi connectivity index (χ3n) is 5.57. The Balaban J connectivity index is 1.64. The average molecular weight is 409 g/mol. The molecule has 5 rings (SSSR count). The number of ether oxygens (including phenoxy) is 1. The van der Waals surface area contributed by atoms with E-state index in [9.17, 15) is 9.59 Å². The van der Waals surface area contributed by atoms with Crippen molar-refractivity contribution in [2.75, 3.05) is 39.8 Å². The van der Waals surface area contributed by atoms with Crippen LogP contribution in [-0.2, 0) is 4.79 Å². The predicted octanol–water partition coefficient (Wildman–Crippen LogP) is 0.731. The minimum atomic E-state index is -0.145. The maximum absolute atomic E-state index is 12.9. The Morgan fingerprint density at radius 2 is 1.93 bits per heavy atom. The molecule has 8 heteroatoms. The van der Waals surface area contributed by atoms with Crippen LogP contribution in [0.1, 0.15) is 16.8 Å². The zero-order valence-corrected chi connectivity index (χ0v) is 17.1. The van der Waals surface area contributed by atoms with Crippen LogP contribution in [0.15, 0.2) is 42.6 Å². The molecule has 8 nitrogen and oxygen atoms in total. The number of pyridine rings is 1. The van der Waals surface area contributed by atoms with E-state index in [1.165, 1.54) is 0 Å². The van der Waals surface area contributed by atoms with Gasteiger partial charge in [-0.25, -0.2) is 0 Å². The van der Waals surface area contributed by atoms with Crippen molar-refractivity contribution in [2.24, 2.45) is 5.73 Å². The summed E-state index contributed by atoms with van der Waals surface area (Å²) in [5.74, 6) is 0.519. The summed E-state index contributed by atoms with van der Waals surface area (Å²) in [4.78, 5) is 33.5. The molecule has 1 aromatic carbocycles. The summed E-state index contributed by atoms with van der Waals surface area (Å²) in [5, 5.41) is 2.91. The number of nitrogens with zero attached hydrogens (tertiary/aromatic N) is 3. The van der Waals surface area contributed by atoms with E-state index in [0.29, 0.717) is 49.7 Å². The second-order valence-electron chi connectivity index (χ2n) is 7.93. The number of aromatic nitrogens is 1. The van der Waals surface area contributed by atoms with Crippen LogP contribution in [0.2, 0.25) is 0 Å². The van der Waals surface area contributed by atoms with Crippen molar-refractivity contribution in [2.45, 2.75) is 18.5 Å². The Morgan fingerprint density at radius 1 is 1.17 bits per heavy atom. The maximum Gasteiger partial charge on any atom is 0.251 e. The summed E-state index contributed by atoms with van der Waals surface area (Å²) in [5.41, 5.74) is 8.30. The first-order valence-corrected chi connectivity index (χ1v) is 10.2. The Hall–Kier alpha value is -2.97. The first-order valence-electron chi connectivity index (χ1n) is 10.2. The summed E-state index contributed by atoms with van der Waals surface area (Å²) in [6, 6.07) is 10.9. The Labute approximate surface area is 176 Å². The van der Waals surface area contributed by atoms with Crippen LogP contribution < -0.4 is 15.8 Å². The van der Waals surface area contributed by atoms with E-state index in [2.05, 4.69) is 10.3 Å². The average Bonchev–Trinajstić information content (AvgIpc) is 3.12. The van der Waals surface area contributed by atoms with E-state index in [4.69, 9.17) is 10.5 Å². The van der Waals surface area contributed by atoms with Crippen LogP contribution in [0.25, 0.3) is 11.3 Å². The SMILES string of the molecule is CN1CCNC(=O)c2ccc(cc2)-c2ncccc2OC[C@@H]2C[C@H](N)CN2C(=O)C1. The second-order valence-corrected chi connectivity index (χ2v) is 7.93. The number of nitrogens with one attached hydrogen (secondary N) is 1. The maximum atomic E-state index is 12.9. The summed E-state index contributed by atoms with van der Waals surface area (Å²) in [6.45, 7) is 2.19. The summed E-state index contributed by atoms with van der Waals surface area (Å²) >= 11 is 0. The van der Waals surface area contributed by atoms with E-state index >= 15 is 0 Å². The van der Waals surface area contributed by atoms with E-state index in [0.717, 1.165) is 5.56 Å². The molecule has 158 valence electrons. The number of benzene rings is 1. The molecule has 0 unspecified atom stereocenters. The molecule has 3 aliphatic rings. The van der Waals surface area contributed by atoms with Gasteiger partial charge in [-0.15, -0.1) is 0 Å². The van der Waals surface area contributed by atoms with Gasteiger partial charge in [0, 0.05) is 43.0 Å². The minimum Gasteiger partial charge on any atom is -0.489 e. The zero-order valence-electron chi connectivity index (χ0n) is 17.1. The molecule has 1 aromatic heterocycles. The van der Waals surface area contributed by atoms with Crippen molar-refractivity contribution in [1.82, 2.24) is 20.1 Å². The first kappa shape index (κ1) is 20.3. The smallest absolute Gasteiger partial charge is 0.251 e. The molecule has 0 saturated carbocycles. The normalized spacial score (nSPS) is 23.3. The van der Waals surface area contributed by atoms with Gasteiger partial charge in [-0.2, -0.15) is 0 Å². The Kier molecular flexibility index (Phi) is 5.96. The molecule has 4 heterocycles. The van der Waals surface area contributed by atoms with Gasteiger partial charge in [0.25, 0.3) is 5.91 Å². The molecule has 2 bridgehead atoms. The Bertz CT molecular complexity index is 917. The first-order chi connectivity index (χ1) is 14.5. The fraction of sp³-hybridized carbons (Fsp3) is 0.409. The molecule has 1 saturated heterocycles. The topological polar surface area (TPSA) is 101 Å². The fourth-order valence-electron chi connectivity index (χ4n) is 3.97. The molecular weight excluding hydrogens is 382 g/mol. The van der Waals surface area contributed by atoms with Gasteiger partial charge in [0.1, 0.15) is 18.1 Å². The standard InChI is InChI=1S/C22H27N5O3/c1-26-10-9-25-22(29)16-6-4-15(5-7-16)21-19(3-2-8-24-21)30-14-18-11-17(23)12-27(18)20(28)13-26/h2-8,17-18H,9-14,23H2,1H3,(H,25,29)/t17-,18-/m0/s1. The van der Waals surface area contributed by atoms with Gasteiger partial charge in [0.05, 0.1) is 12.6 Å². The number of carbonyl (C=O) groups is 2. The second kappa shape index (κ2) is 8.81. The van der Waals surface area contributed by atoms with Crippen LogP contribution in [0.5, 0.6) is 5.75 Å². The predicted molar refractivity (Wildman–Crippen MR) is 113 cm³/mol. The number of hydrogen-bond donors (Lipinski definition) is 2. The van der Waals surface area contributed by atoms with Gasteiger partial charge < -0.3 is 20.7 Å². The molecule has 1 fully saturated rings. The number of fused-ring (bicyclic) bond motifs is 9. The van der Waals surface area contributed by atoms with Gasteiger partial charge in [-0.05, 0) is 37.7 Å². The highest BCUT2D eigenvalue weighted by Crippen LogP contribution is 2.29. The molecule has 30 heavy (non-hydrogen) atoms. The molecule has 0 aliphatic carbocycles. The number of amides is 2. The van der Waals surface area contributed by atoms with Gasteiger partial charge >= 0.3 is 0 Å². The number of hydrogen-bond acceptors (Lipinski definition) is 6. The van der Waals surface area contributed by atoms with Crippen molar-refractivity contribution in [3.63, 3.8) is 0 Å². The summed E-state index contributed by atoms with van der Waals surface area (Å²) in [6.07, 6.45) is 2.41. The summed E-state index contributed by atoms with van der Waals surface area (Å²) < 4.78 is 6.12.